The summed E-state index contributed by atoms with van der Waals surface area (Å²) in [6.45, 7) is 7.04. The second-order valence-electron chi connectivity index (χ2n) is 6.09. The third kappa shape index (κ3) is 5.53. The minimum atomic E-state index is 0.0141. The molecule has 0 spiro atoms. The van der Waals surface area contributed by atoms with Crippen molar-refractivity contribution >= 4 is 29.3 Å². The van der Waals surface area contributed by atoms with Crippen LogP contribution in [0.25, 0.3) is 5.69 Å². The van der Waals surface area contributed by atoms with Crippen molar-refractivity contribution in [2.45, 2.75) is 38.8 Å². The summed E-state index contributed by atoms with van der Waals surface area (Å²) in [4.78, 5) is 11.9. The molecule has 7 heteroatoms. The van der Waals surface area contributed by atoms with Gasteiger partial charge in [0.25, 0.3) is 0 Å². The highest BCUT2D eigenvalue weighted by Gasteiger charge is 2.11. The van der Waals surface area contributed by atoms with Crippen molar-refractivity contribution < 1.29 is 4.79 Å². The summed E-state index contributed by atoms with van der Waals surface area (Å²) in [5.41, 5.74) is 1.90. The number of halogens is 1. The minimum Gasteiger partial charge on any atom is -0.355 e. The first kappa shape index (κ1) is 18.8. The van der Waals surface area contributed by atoms with Crippen LogP contribution < -0.4 is 5.32 Å². The van der Waals surface area contributed by atoms with Gasteiger partial charge in [0.15, 0.2) is 5.16 Å². The predicted octanol–water partition coefficient (Wildman–Crippen LogP) is 3.87. The molecule has 0 atom stereocenters. The monoisotopic (exact) mass is 366 g/mol. The van der Waals surface area contributed by atoms with E-state index in [1.54, 1.807) is 6.33 Å². The van der Waals surface area contributed by atoms with Crippen molar-refractivity contribution in [3.8, 4) is 5.69 Å². The van der Waals surface area contributed by atoms with Gasteiger partial charge in [-0.1, -0.05) is 43.3 Å². The lowest BCUT2D eigenvalue weighted by Crippen LogP contribution is -2.26. The van der Waals surface area contributed by atoms with E-state index in [1.807, 2.05) is 29.7 Å². The molecule has 1 amide bonds. The maximum Gasteiger partial charge on any atom is 0.230 e. The van der Waals surface area contributed by atoms with Crippen molar-refractivity contribution in [2.24, 2.45) is 5.92 Å². The number of benzene rings is 1. The second kappa shape index (κ2) is 9.08. The van der Waals surface area contributed by atoms with E-state index in [0.29, 0.717) is 21.8 Å². The third-order valence-corrected chi connectivity index (χ3v) is 4.91. The van der Waals surface area contributed by atoms with Crippen molar-refractivity contribution in [3.05, 3.63) is 35.1 Å². The molecule has 0 saturated carbocycles. The van der Waals surface area contributed by atoms with E-state index in [2.05, 4.69) is 29.4 Å². The van der Waals surface area contributed by atoms with E-state index in [9.17, 15) is 4.79 Å². The zero-order valence-corrected chi connectivity index (χ0v) is 15.8. The predicted molar refractivity (Wildman–Crippen MR) is 98.9 cm³/mol. The first-order valence-corrected chi connectivity index (χ1v) is 9.39. The van der Waals surface area contributed by atoms with Crippen LogP contribution in [0.3, 0.4) is 0 Å². The molecule has 0 aliphatic carbocycles. The number of thioether (sulfide) groups is 1. The van der Waals surface area contributed by atoms with Crippen LogP contribution in [0.2, 0.25) is 5.02 Å². The van der Waals surface area contributed by atoms with Gasteiger partial charge in [-0.3, -0.25) is 9.36 Å². The van der Waals surface area contributed by atoms with Gasteiger partial charge in [-0.05, 0) is 43.4 Å². The molecule has 0 aliphatic heterocycles. The van der Waals surface area contributed by atoms with Gasteiger partial charge in [-0.15, -0.1) is 10.2 Å². The Kier molecular flexibility index (Phi) is 7.12. The molecule has 0 aliphatic rings. The third-order valence-electron chi connectivity index (χ3n) is 3.56. The summed E-state index contributed by atoms with van der Waals surface area (Å²) in [7, 11) is 0. The highest BCUT2D eigenvalue weighted by Crippen LogP contribution is 2.23. The fourth-order valence-electron chi connectivity index (χ4n) is 2.15. The molecule has 130 valence electrons. The molecule has 1 aromatic heterocycles. The highest BCUT2D eigenvalue weighted by atomic mass is 35.5. The topological polar surface area (TPSA) is 59.8 Å². The standard InChI is InChI=1S/C17H23ClN4OS/c1-12(2)5-4-8-19-16(23)10-24-17-21-20-11-22(17)14-7-6-13(3)15(18)9-14/h6-7,9,11-12H,4-5,8,10H2,1-3H3,(H,19,23). The van der Waals surface area contributed by atoms with Crippen molar-refractivity contribution in [3.63, 3.8) is 0 Å². The van der Waals surface area contributed by atoms with Crippen LogP contribution in [0, 0.1) is 12.8 Å². The first-order chi connectivity index (χ1) is 11.5. The van der Waals surface area contributed by atoms with E-state index < -0.39 is 0 Å². The van der Waals surface area contributed by atoms with Gasteiger partial charge in [-0.25, -0.2) is 0 Å². The summed E-state index contributed by atoms with van der Waals surface area (Å²) in [6, 6.07) is 5.78. The summed E-state index contributed by atoms with van der Waals surface area (Å²) >= 11 is 7.54. The van der Waals surface area contributed by atoms with Crippen LogP contribution in [-0.2, 0) is 4.79 Å². The van der Waals surface area contributed by atoms with Crippen LogP contribution in [0.1, 0.15) is 32.3 Å². The quantitative estimate of drug-likeness (QED) is 0.569. The molecule has 0 saturated heterocycles. The number of carbonyl (C=O) groups is 1. The fourth-order valence-corrected chi connectivity index (χ4v) is 3.08. The minimum absolute atomic E-state index is 0.0141. The maximum atomic E-state index is 11.9. The zero-order chi connectivity index (χ0) is 17.5. The number of amides is 1. The Morgan fingerprint density at radius 1 is 1.42 bits per heavy atom. The van der Waals surface area contributed by atoms with Crippen molar-refractivity contribution in [1.29, 1.82) is 0 Å². The van der Waals surface area contributed by atoms with Crippen LogP contribution in [-0.4, -0.2) is 33.0 Å². The van der Waals surface area contributed by atoms with Gasteiger partial charge < -0.3 is 5.32 Å². The molecule has 5 nitrogen and oxygen atoms in total. The fraction of sp³-hybridized carbons (Fsp3) is 0.471. The van der Waals surface area contributed by atoms with Gasteiger partial charge in [0.1, 0.15) is 6.33 Å². The molecular formula is C17H23ClN4OS. The van der Waals surface area contributed by atoms with Crippen molar-refractivity contribution in [1.82, 2.24) is 20.1 Å². The van der Waals surface area contributed by atoms with Gasteiger partial charge in [0, 0.05) is 11.6 Å². The number of hydrogen-bond acceptors (Lipinski definition) is 4. The van der Waals surface area contributed by atoms with Crippen LogP contribution >= 0.6 is 23.4 Å². The molecule has 24 heavy (non-hydrogen) atoms. The average Bonchev–Trinajstić information content (AvgIpc) is 3.00. The number of hydrogen-bond donors (Lipinski definition) is 1. The Balaban J connectivity index is 1.89. The summed E-state index contributed by atoms with van der Waals surface area (Å²) in [5.74, 6) is 0.997. The number of nitrogens with zero attached hydrogens (tertiary/aromatic N) is 3. The molecule has 0 bridgehead atoms. The Labute approximate surface area is 152 Å². The highest BCUT2D eigenvalue weighted by molar-refractivity contribution is 7.99. The summed E-state index contributed by atoms with van der Waals surface area (Å²) in [6.07, 6.45) is 3.76. The van der Waals surface area contributed by atoms with Gasteiger partial charge in [0.05, 0.1) is 11.4 Å². The number of aryl methyl sites for hydroxylation is 1. The van der Waals surface area contributed by atoms with Gasteiger partial charge >= 0.3 is 0 Å². The largest absolute Gasteiger partial charge is 0.355 e. The molecule has 0 radical (unpaired) electrons. The number of nitrogens with one attached hydrogen (secondary N) is 1. The SMILES string of the molecule is Cc1ccc(-n2cnnc2SCC(=O)NCCCC(C)C)cc1Cl. The van der Waals surface area contributed by atoms with Crippen LogP contribution in [0.15, 0.2) is 29.7 Å². The second-order valence-corrected chi connectivity index (χ2v) is 7.44. The van der Waals surface area contributed by atoms with E-state index in [1.165, 1.54) is 11.8 Å². The molecule has 1 heterocycles. The Bertz CT molecular complexity index is 687. The average molecular weight is 367 g/mol. The molecule has 1 N–H and O–H groups in total. The molecule has 0 fully saturated rings. The first-order valence-electron chi connectivity index (χ1n) is 8.03. The van der Waals surface area contributed by atoms with Crippen LogP contribution in [0.4, 0.5) is 0 Å². The molecule has 2 aromatic rings. The maximum absolute atomic E-state index is 11.9. The Hall–Kier alpha value is -1.53. The number of aromatic nitrogens is 3. The zero-order valence-electron chi connectivity index (χ0n) is 14.3. The lowest BCUT2D eigenvalue weighted by molar-refractivity contribution is -0.118. The van der Waals surface area contributed by atoms with E-state index >= 15 is 0 Å². The normalized spacial score (nSPS) is 11.0. The van der Waals surface area contributed by atoms with Crippen molar-refractivity contribution in [2.75, 3.05) is 12.3 Å². The molecule has 2 rings (SSSR count). The number of rotatable bonds is 8. The van der Waals surface area contributed by atoms with E-state index in [0.717, 1.165) is 30.6 Å². The van der Waals surface area contributed by atoms with E-state index in [4.69, 9.17) is 11.6 Å². The Morgan fingerprint density at radius 2 is 2.21 bits per heavy atom. The van der Waals surface area contributed by atoms with Crippen LogP contribution in [0.5, 0.6) is 0 Å². The van der Waals surface area contributed by atoms with E-state index in [-0.39, 0.29) is 5.91 Å². The summed E-state index contributed by atoms with van der Waals surface area (Å²) < 4.78 is 1.84. The van der Waals surface area contributed by atoms with Gasteiger partial charge in [0.2, 0.25) is 5.91 Å². The lowest BCUT2D eigenvalue weighted by Gasteiger charge is -2.09. The Morgan fingerprint density at radius 3 is 2.92 bits per heavy atom. The molecular weight excluding hydrogens is 344 g/mol. The smallest absolute Gasteiger partial charge is 0.230 e. The number of carbonyl (C=O) groups excluding carboxylic acids is 1. The summed E-state index contributed by atoms with van der Waals surface area (Å²) in [5, 5.41) is 12.3. The lowest BCUT2D eigenvalue weighted by atomic mass is 10.1. The molecule has 1 aromatic carbocycles. The molecule has 0 unspecified atom stereocenters. The van der Waals surface area contributed by atoms with Gasteiger partial charge in [-0.2, -0.15) is 0 Å².